The van der Waals surface area contributed by atoms with Gasteiger partial charge in [-0.2, -0.15) is 0 Å². The molecule has 1 aliphatic rings. The molecule has 0 aliphatic carbocycles. The van der Waals surface area contributed by atoms with Gasteiger partial charge < -0.3 is 10.2 Å². The number of aryl methyl sites for hydroxylation is 1. The Hall–Kier alpha value is -0.870. The third-order valence-electron chi connectivity index (χ3n) is 3.03. The van der Waals surface area contributed by atoms with Gasteiger partial charge in [0.05, 0.1) is 6.42 Å². The number of nitrogens with zero attached hydrogens (tertiary/aromatic N) is 1. The van der Waals surface area contributed by atoms with Crippen LogP contribution >= 0.6 is 11.3 Å². The Labute approximate surface area is 107 Å². The monoisotopic (exact) mass is 252 g/mol. The summed E-state index contributed by atoms with van der Waals surface area (Å²) in [7, 11) is 0. The number of nitrogens with one attached hydrogen (secondary N) is 1. The molecule has 94 valence electrons. The summed E-state index contributed by atoms with van der Waals surface area (Å²) in [4.78, 5) is 16.6. The summed E-state index contributed by atoms with van der Waals surface area (Å²) in [6, 6.07) is 4.93. The van der Waals surface area contributed by atoms with Crippen molar-refractivity contribution < 1.29 is 4.79 Å². The van der Waals surface area contributed by atoms with Gasteiger partial charge in [0.25, 0.3) is 0 Å². The molecule has 1 saturated heterocycles. The third kappa shape index (κ3) is 3.30. The molecular weight excluding hydrogens is 232 g/mol. The topological polar surface area (TPSA) is 32.3 Å². The zero-order valence-corrected chi connectivity index (χ0v) is 11.5. The molecule has 0 aromatic carbocycles. The Bertz CT molecular complexity index is 392. The molecule has 0 radical (unpaired) electrons. The van der Waals surface area contributed by atoms with E-state index < -0.39 is 0 Å². The highest BCUT2D eigenvalue weighted by Gasteiger charge is 2.24. The Morgan fingerprint density at radius 2 is 2.06 bits per heavy atom. The lowest BCUT2D eigenvalue weighted by atomic mass is 10.1. The highest BCUT2D eigenvalue weighted by Crippen LogP contribution is 2.17. The minimum atomic E-state index is 0.257. The molecule has 4 heteroatoms. The predicted molar refractivity (Wildman–Crippen MR) is 71.4 cm³/mol. The van der Waals surface area contributed by atoms with Gasteiger partial charge in [0, 0.05) is 34.9 Å². The van der Waals surface area contributed by atoms with Gasteiger partial charge in [-0.3, -0.25) is 4.79 Å². The van der Waals surface area contributed by atoms with Crippen molar-refractivity contribution in [3.63, 3.8) is 0 Å². The predicted octanol–water partition coefficient (Wildman–Crippen LogP) is 1.81. The van der Waals surface area contributed by atoms with Gasteiger partial charge in [-0.25, -0.2) is 0 Å². The normalized spacial score (nSPS) is 25.0. The zero-order chi connectivity index (χ0) is 12.4. The fourth-order valence-electron chi connectivity index (χ4n) is 2.37. The van der Waals surface area contributed by atoms with Crippen LogP contribution in [0.5, 0.6) is 0 Å². The van der Waals surface area contributed by atoms with Crippen LogP contribution in [0.4, 0.5) is 0 Å². The van der Waals surface area contributed by atoms with E-state index in [0.29, 0.717) is 18.5 Å². The van der Waals surface area contributed by atoms with Gasteiger partial charge in [0.1, 0.15) is 0 Å². The average molecular weight is 252 g/mol. The van der Waals surface area contributed by atoms with Crippen LogP contribution in [0.25, 0.3) is 0 Å². The van der Waals surface area contributed by atoms with Crippen molar-refractivity contribution in [2.75, 3.05) is 13.1 Å². The van der Waals surface area contributed by atoms with E-state index in [2.05, 4.69) is 38.2 Å². The van der Waals surface area contributed by atoms with Gasteiger partial charge in [0.2, 0.25) is 5.91 Å². The van der Waals surface area contributed by atoms with Crippen molar-refractivity contribution in [1.29, 1.82) is 0 Å². The SMILES string of the molecule is Cc1ccc(CC(=O)N2C[C@@H](C)N[C@@H](C)C2)s1. The van der Waals surface area contributed by atoms with Crippen LogP contribution in [-0.4, -0.2) is 36.0 Å². The van der Waals surface area contributed by atoms with E-state index in [-0.39, 0.29) is 5.91 Å². The summed E-state index contributed by atoms with van der Waals surface area (Å²) in [6.07, 6.45) is 0.554. The molecule has 0 bridgehead atoms. The van der Waals surface area contributed by atoms with E-state index in [9.17, 15) is 4.79 Å². The van der Waals surface area contributed by atoms with Gasteiger partial charge >= 0.3 is 0 Å². The van der Waals surface area contributed by atoms with Crippen LogP contribution in [0, 0.1) is 6.92 Å². The van der Waals surface area contributed by atoms with Crippen LogP contribution < -0.4 is 5.32 Å². The quantitative estimate of drug-likeness (QED) is 0.870. The molecular formula is C13H20N2OS. The smallest absolute Gasteiger partial charge is 0.227 e. The molecule has 1 amide bonds. The fraction of sp³-hybridized carbons (Fsp3) is 0.615. The van der Waals surface area contributed by atoms with Crippen molar-refractivity contribution in [3.05, 3.63) is 21.9 Å². The maximum absolute atomic E-state index is 12.2. The summed E-state index contributed by atoms with van der Waals surface area (Å²) < 4.78 is 0. The lowest BCUT2D eigenvalue weighted by Gasteiger charge is -2.36. The largest absolute Gasteiger partial charge is 0.339 e. The van der Waals surface area contributed by atoms with Crippen molar-refractivity contribution in [2.24, 2.45) is 0 Å². The van der Waals surface area contributed by atoms with Crippen molar-refractivity contribution >= 4 is 17.2 Å². The maximum Gasteiger partial charge on any atom is 0.227 e. The first kappa shape index (κ1) is 12.6. The molecule has 1 aromatic rings. The van der Waals surface area contributed by atoms with Crippen LogP contribution in [0.2, 0.25) is 0 Å². The number of rotatable bonds is 2. The number of hydrogen-bond donors (Lipinski definition) is 1. The standard InChI is InChI=1S/C13H20N2OS/c1-9-7-15(8-10(2)14-9)13(16)6-12-5-4-11(3)17-12/h4-5,9-10,14H,6-8H2,1-3H3/t9-,10+. The second-order valence-corrected chi connectivity index (χ2v) is 6.33. The summed E-state index contributed by atoms with van der Waals surface area (Å²) in [5, 5.41) is 3.44. The molecule has 2 heterocycles. The molecule has 1 fully saturated rings. The van der Waals surface area contributed by atoms with Gasteiger partial charge in [-0.1, -0.05) is 0 Å². The minimum absolute atomic E-state index is 0.257. The van der Waals surface area contributed by atoms with Crippen LogP contribution in [0.15, 0.2) is 12.1 Å². The first-order valence-electron chi connectivity index (χ1n) is 6.13. The number of amides is 1. The molecule has 1 aliphatic heterocycles. The molecule has 2 atom stereocenters. The Morgan fingerprint density at radius 1 is 1.41 bits per heavy atom. The highest BCUT2D eigenvalue weighted by atomic mass is 32.1. The Morgan fingerprint density at radius 3 is 2.59 bits per heavy atom. The summed E-state index contributed by atoms with van der Waals surface area (Å²) in [5.41, 5.74) is 0. The second kappa shape index (κ2) is 5.19. The van der Waals surface area contributed by atoms with Crippen molar-refractivity contribution in [1.82, 2.24) is 10.2 Å². The second-order valence-electron chi connectivity index (χ2n) is 4.96. The lowest BCUT2D eigenvalue weighted by molar-refractivity contribution is -0.132. The molecule has 2 rings (SSSR count). The summed E-state index contributed by atoms with van der Waals surface area (Å²) in [6.45, 7) is 7.99. The summed E-state index contributed by atoms with van der Waals surface area (Å²) in [5.74, 6) is 0.257. The third-order valence-corrected chi connectivity index (χ3v) is 4.03. The van der Waals surface area contributed by atoms with Crippen LogP contribution in [-0.2, 0) is 11.2 Å². The molecule has 1 aromatic heterocycles. The fourth-order valence-corrected chi connectivity index (χ4v) is 3.25. The lowest BCUT2D eigenvalue weighted by Crippen LogP contribution is -2.56. The van der Waals surface area contributed by atoms with Gasteiger partial charge in [-0.15, -0.1) is 11.3 Å². The number of carbonyl (C=O) groups excluding carboxylic acids is 1. The van der Waals surface area contributed by atoms with E-state index in [4.69, 9.17) is 0 Å². The summed E-state index contributed by atoms with van der Waals surface area (Å²) >= 11 is 1.72. The average Bonchev–Trinajstić information content (AvgIpc) is 2.62. The van der Waals surface area contributed by atoms with E-state index in [0.717, 1.165) is 13.1 Å². The Balaban J connectivity index is 1.95. The number of piperazine rings is 1. The molecule has 1 N–H and O–H groups in total. The molecule has 17 heavy (non-hydrogen) atoms. The molecule has 0 spiro atoms. The van der Waals surface area contributed by atoms with E-state index in [1.165, 1.54) is 9.75 Å². The van der Waals surface area contributed by atoms with Crippen molar-refractivity contribution in [2.45, 2.75) is 39.3 Å². The van der Waals surface area contributed by atoms with E-state index >= 15 is 0 Å². The number of thiophene rings is 1. The van der Waals surface area contributed by atoms with E-state index in [1.54, 1.807) is 11.3 Å². The first-order chi connectivity index (χ1) is 8.04. The van der Waals surface area contributed by atoms with Crippen LogP contribution in [0.3, 0.4) is 0 Å². The number of carbonyl (C=O) groups is 1. The number of hydrogen-bond acceptors (Lipinski definition) is 3. The van der Waals surface area contributed by atoms with Gasteiger partial charge in [-0.05, 0) is 32.9 Å². The Kier molecular flexibility index (Phi) is 3.84. The molecule has 0 saturated carbocycles. The van der Waals surface area contributed by atoms with E-state index in [1.807, 2.05) is 4.90 Å². The zero-order valence-electron chi connectivity index (χ0n) is 10.7. The molecule has 0 unspecified atom stereocenters. The van der Waals surface area contributed by atoms with Gasteiger partial charge in [0.15, 0.2) is 0 Å². The first-order valence-corrected chi connectivity index (χ1v) is 6.95. The minimum Gasteiger partial charge on any atom is -0.339 e. The molecule has 3 nitrogen and oxygen atoms in total. The van der Waals surface area contributed by atoms with Crippen molar-refractivity contribution in [3.8, 4) is 0 Å². The van der Waals surface area contributed by atoms with Crippen LogP contribution in [0.1, 0.15) is 23.6 Å². The highest BCUT2D eigenvalue weighted by molar-refractivity contribution is 7.12. The maximum atomic E-state index is 12.2.